The lowest BCUT2D eigenvalue weighted by atomic mass is 9.95. The number of unbranched alkanes of at least 4 members (excludes halogenated alkanes) is 10. The zero-order valence-electron chi connectivity index (χ0n) is 57.1. The molecular weight excluding hydrogens is 1250 g/mol. The van der Waals surface area contributed by atoms with Gasteiger partial charge in [0.1, 0.15) is 73.2 Å². The molecule has 6 fully saturated rings. The fraction of sp³-hybridized carbons (Fsp3) is 0.940. The van der Waals surface area contributed by atoms with E-state index in [0.717, 1.165) is 103 Å². The summed E-state index contributed by atoms with van der Waals surface area (Å²) in [5.74, 6) is -4.47. The molecular formula is C67H116O28. The second-order valence-electron chi connectivity index (χ2n) is 26.8. The highest BCUT2D eigenvalue weighted by Crippen LogP contribution is 2.40. The molecule has 0 spiro atoms. The Hall–Kier alpha value is -2.92. The molecule has 0 saturated carbocycles. The molecule has 6 heterocycles. The van der Waals surface area contributed by atoms with E-state index in [1.165, 1.54) is 34.6 Å². The second-order valence-corrected chi connectivity index (χ2v) is 26.8. The van der Waals surface area contributed by atoms with Crippen LogP contribution in [0.3, 0.4) is 0 Å². The maximum atomic E-state index is 14.1. The monoisotopic (exact) mass is 1370 g/mol. The van der Waals surface area contributed by atoms with Crippen molar-refractivity contribution in [1.82, 2.24) is 0 Å². The van der Waals surface area contributed by atoms with E-state index < -0.39 is 203 Å². The summed E-state index contributed by atoms with van der Waals surface area (Å²) in [6, 6.07) is 0. The molecule has 0 amide bonds. The second kappa shape index (κ2) is 41.1. The van der Waals surface area contributed by atoms with Crippen LogP contribution in [-0.2, 0) is 85.5 Å². The van der Waals surface area contributed by atoms with Gasteiger partial charge in [-0.15, -0.1) is 0 Å². The van der Waals surface area contributed by atoms with Gasteiger partial charge < -0.3 is 117 Å². The zero-order chi connectivity index (χ0) is 69.5. The lowest BCUT2D eigenvalue weighted by molar-refractivity contribution is -0.396. The fourth-order valence-corrected chi connectivity index (χ4v) is 12.9. The van der Waals surface area contributed by atoms with Crippen LogP contribution in [0.25, 0.3) is 0 Å². The Balaban J connectivity index is 1.35. The Bertz CT molecular complexity index is 2210. The lowest BCUT2D eigenvalue weighted by Crippen LogP contribution is -2.68. The van der Waals surface area contributed by atoms with Gasteiger partial charge in [0.15, 0.2) is 62.0 Å². The molecule has 6 saturated heterocycles. The Morgan fingerprint density at radius 1 is 0.463 bits per heavy atom. The number of rotatable bonds is 29. The van der Waals surface area contributed by atoms with E-state index in [1.807, 2.05) is 0 Å². The van der Waals surface area contributed by atoms with Crippen LogP contribution in [0.1, 0.15) is 216 Å². The molecule has 10 N–H and O–H groups in total. The predicted octanol–water partition coefficient (Wildman–Crippen LogP) is 3.60. The number of carbonyl (C=O) groups is 4. The maximum absolute atomic E-state index is 14.1. The highest BCUT2D eigenvalue weighted by Gasteiger charge is 2.59. The number of carbonyl (C=O) groups excluding carboxylic acids is 4. The summed E-state index contributed by atoms with van der Waals surface area (Å²) in [5, 5.41) is 112. The summed E-state index contributed by atoms with van der Waals surface area (Å²) in [6.45, 7) is 11.5. The summed E-state index contributed by atoms with van der Waals surface area (Å²) in [7, 11) is 0. The number of aliphatic hydroxyl groups is 10. The van der Waals surface area contributed by atoms with Crippen molar-refractivity contribution in [2.75, 3.05) is 13.2 Å². The molecule has 95 heavy (non-hydrogen) atoms. The number of ether oxygens (including phenoxy) is 14. The first-order valence-electron chi connectivity index (χ1n) is 35.5. The van der Waals surface area contributed by atoms with Gasteiger partial charge in [0.25, 0.3) is 0 Å². The van der Waals surface area contributed by atoms with Gasteiger partial charge in [0, 0.05) is 19.3 Å². The van der Waals surface area contributed by atoms with E-state index in [9.17, 15) is 70.2 Å². The van der Waals surface area contributed by atoms with Crippen molar-refractivity contribution in [3.8, 4) is 0 Å². The molecule has 28 heteroatoms. The first kappa shape index (κ1) is 81.0. The topological polar surface area (TPSA) is 400 Å². The van der Waals surface area contributed by atoms with Crippen molar-refractivity contribution in [3.63, 3.8) is 0 Å². The van der Waals surface area contributed by atoms with Crippen molar-refractivity contribution in [2.45, 2.75) is 382 Å². The Morgan fingerprint density at radius 3 is 1.61 bits per heavy atom. The Morgan fingerprint density at radius 2 is 0.979 bits per heavy atom. The summed E-state index contributed by atoms with van der Waals surface area (Å²) >= 11 is 0. The number of hydrogen-bond acceptors (Lipinski definition) is 28. The SMILES string of the molecule is CCCCCCCCCCCC(=O)O[C@H]1[C@H](O[C@@H]2[C@@H](O)[C@H]3OC(=O)CCCCCCCCCC(CCCCC)O[C@@H]4O[C@H](CO)[C@@H](O)[C@H](O)[C@H]4O[C@H]3O[C@H]2C)O[C@@H](C)[C@H](O[C@@H]2O[C@@H](C)[C@H](OC(=O)CCC)[C@@H](OC(=O)C(C)[C@H](C)O)[C@H]2O[C@@H]2O[C@H](CO)[C@@H](O)[C@H](O)[C@H]2O)[C@H]1O. The van der Waals surface area contributed by atoms with Crippen LogP contribution in [0.2, 0.25) is 0 Å². The van der Waals surface area contributed by atoms with E-state index in [0.29, 0.717) is 38.5 Å². The minimum absolute atomic E-state index is 0.0607. The van der Waals surface area contributed by atoms with Crippen molar-refractivity contribution in [3.05, 3.63) is 0 Å². The van der Waals surface area contributed by atoms with Gasteiger partial charge in [0.05, 0.1) is 49.7 Å². The van der Waals surface area contributed by atoms with E-state index in [2.05, 4.69) is 13.8 Å². The van der Waals surface area contributed by atoms with Gasteiger partial charge in [-0.05, 0) is 66.7 Å². The summed E-state index contributed by atoms with van der Waals surface area (Å²) in [5.41, 5.74) is 0. The van der Waals surface area contributed by atoms with Crippen LogP contribution >= 0.6 is 0 Å². The molecule has 0 bridgehead atoms. The van der Waals surface area contributed by atoms with Gasteiger partial charge >= 0.3 is 23.9 Å². The highest BCUT2D eigenvalue weighted by molar-refractivity contribution is 5.73. The van der Waals surface area contributed by atoms with Gasteiger partial charge in [-0.2, -0.15) is 0 Å². The average molecular weight is 1370 g/mol. The Kier molecular flexibility index (Phi) is 35.1. The first-order valence-corrected chi connectivity index (χ1v) is 35.5. The molecule has 0 aliphatic carbocycles. The van der Waals surface area contributed by atoms with Crippen LogP contribution in [0, 0.1) is 5.92 Å². The van der Waals surface area contributed by atoms with Crippen LogP contribution in [-0.4, -0.2) is 254 Å². The van der Waals surface area contributed by atoms with E-state index >= 15 is 0 Å². The molecule has 6 aliphatic rings. The van der Waals surface area contributed by atoms with Gasteiger partial charge in [-0.1, -0.05) is 130 Å². The lowest BCUT2D eigenvalue weighted by Gasteiger charge is -2.50. The van der Waals surface area contributed by atoms with Crippen LogP contribution in [0.15, 0.2) is 0 Å². The minimum Gasteiger partial charge on any atom is -0.455 e. The van der Waals surface area contributed by atoms with Crippen molar-refractivity contribution in [2.24, 2.45) is 5.92 Å². The van der Waals surface area contributed by atoms with Gasteiger partial charge in [0.2, 0.25) is 0 Å². The van der Waals surface area contributed by atoms with Gasteiger partial charge in [-0.3, -0.25) is 19.2 Å². The van der Waals surface area contributed by atoms with E-state index in [-0.39, 0.29) is 25.4 Å². The molecule has 552 valence electrons. The first-order chi connectivity index (χ1) is 45.5. The largest absolute Gasteiger partial charge is 0.455 e. The molecule has 28 atom stereocenters. The number of esters is 4. The molecule has 6 rings (SSSR count). The quantitative estimate of drug-likeness (QED) is 0.0290. The fourth-order valence-electron chi connectivity index (χ4n) is 12.9. The predicted molar refractivity (Wildman–Crippen MR) is 334 cm³/mol. The molecule has 6 aliphatic heterocycles. The standard InChI is InChI=1S/C67H116O28/c1-9-12-14-15-16-17-20-23-27-32-45(72)89-58-53(80)55(93-67-61(95-63-51(78)49(76)47(74)42(34-68)86-63)60(91-62(81)36(4)37(5)70)56(40(8)84-67)88-44(71)29-11-3)39(7)82-64(58)92-54-38(6)83-65-59(52(54)79)90-46(73)33-28-24-21-18-19-22-26-31-41(30-25-13-10-2)85-66-57(94-65)50(77)48(75)43(35-69)87-66/h36-43,47-61,63-70,74-80H,9-35H2,1-8H3/t36?,37-,38-,39-,40-,41?,42+,43+,47+,48+,49-,50-,51+,52+,53+,54-,55-,56-,57+,58+,59+,60+,61+,63-,64-,65+,66+,67-/m0/s1. The van der Waals surface area contributed by atoms with Crippen molar-refractivity contribution < 1.29 is 137 Å². The summed E-state index contributed by atoms with van der Waals surface area (Å²) < 4.78 is 87.9. The average Bonchev–Trinajstić information content (AvgIpc) is 0.785. The third-order valence-electron chi connectivity index (χ3n) is 19.0. The normalized spacial score (nSPS) is 39.4. The number of aliphatic hydroxyl groups excluding tert-OH is 10. The maximum Gasteiger partial charge on any atom is 0.311 e. The summed E-state index contributed by atoms with van der Waals surface area (Å²) in [6.07, 6.45) is -25.2. The molecule has 0 aromatic carbocycles. The summed E-state index contributed by atoms with van der Waals surface area (Å²) in [4.78, 5) is 55.3. The molecule has 28 nitrogen and oxygen atoms in total. The van der Waals surface area contributed by atoms with Gasteiger partial charge in [-0.25, -0.2) is 0 Å². The van der Waals surface area contributed by atoms with Crippen LogP contribution in [0.4, 0.5) is 0 Å². The third kappa shape index (κ3) is 23.3. The number of hydrogen-bond donors (Lipinski definition) is 10. The number of fused-ring (bicyclic) bond motifs is 2. The third-order valence-corrected chi connectivity index (χ3v) is 19.0. The van der Waals surface area contributed by atoms with Crippen LogP contribution < -0.4 is 0 Å². The molecule has 0 aromatic heterocycles. The van der Waals surface area contributed by atoms with E-state index in [4.69, 9.17) is 66.3 Å². The van der Waals surface area contributed by atoms with E-state index in [1.54, 1.807) is 6.92 Å². The van der Waals surface area contributed by atoms with Crippen molar-refractivity contribution >= 4 is 23.9 Å². The van der Waals surface area contributed by atoms with Crippen molar-refractivity contribution in [1.29, 1.82) is 0 Å². The smallest absolute Gasteiger partial charge is 0.311 e. The highest BCUT2D eigenvalue weighted by atomic mass is 16.8. The molecule has 2 unspecified atom stereocenters. The van der Waals surface area contributed by atoms with Crippen LogP contribution in [0.5, 0.6) is 0 Å². The molecule has 0 aromatic rings. The molecule has 0 radical (unpaired) electrons. The zero-order valence-corrected chi connectivity index (χ0v) is 57.1. The Labute approximate surface area is 559 Å². The minimum atomic E-state index is -2.05.